The first-order valence-electron chi connectivity index (χ1n) is 6.49. The van der Waals surface area contributed by atoms with Crippen LogP contribution in [-0.2, 0) is 4.74 Å². The highest BCUT2D eigenvalue weighted by atomic mass is 16.5. The van der Waals surface area contributed by atoms with Crippen molar-refractivity contribution in [1.82, 2.24) is 10.2 Å². The van der Waals surface area contributed by atoms with Gasteiger partial charge in [0, 0.05) is 37.8 Å². The molecule has 0 aromatic heterocycles. The third kappa shape index (κ3) is 5.28. The molecule has 16 heavy (non-hydrogen) atoms. The molecule has 1 N–H and O–H groups in total. The molecule has 3 heteroatoms. The molecule has 1 aliphatic rings. The molecular weight excluding hydrogens is 200 g/mol. The number of rotatable bonds is 3. The fourth-order valence-corrected chi connectivity index (χ4v) is 2.01. The molecule has 0 saturated carbocycles. The maximum Gasteiger partial charge on any atom is 0.0674 e. The van der Waals surface area contributed by atoms with Crippen molar-refractivity contribution < 1.29 is 4.74 Å². The van der Waals surface area contributed by atoms with E-state index in [0.717, 1.165) is 32.7 Å². The zero-order valence-corrected chi connectivity index (χ0v) is 11.5. The van der Waals surface area contributed by atoms with Crippen LogP contribution in [0.5, 0.6) is 0 Å². The zero-order chi connectivity index (χ0) is 12.2. The first-order valence-corrected chi connectivity index (χ1v) is 6.49. The molecule has 0 amide bonds. The van der Waals surface area contributed by atoms with E-state index in [0.29, 0.717) is 12.1 Å². The number of nitrogens with zero attached hydrogens (tertiary/aromatic N) is 1. The third-order valence-electron chi connectivity index (χ3n) is 3.03. The Morgan fingerprint density at radius 3 is 2.75 bits per heavy atom. The molecule has 1 aliphatic heterocycles. The smallest absolute Gasteiger partial charge is 0.0674 e. The van der Waals surface area contributed by atoms with Gasteiger partial charge >= 0.3 is 0 Å². The van der Waals surface area contributed by atoms with Crippen molar-refractivity contribution >= 4 is 0 Å². The van der Waals surface area contributed by atoms with Gasteiger partial charge in [0.05, 0.1) is 6.10 Å². The first-order chi connectivity index (χ1) is 7.38. The van der Waals surface area contributed by atoms with E-state index in [-0.39, 0.29) is 5.54 Å². The molecule has 3 nitrogen and oxygen atoms in total. The Hall–Kier alpha value is -0.120. The molecule has 1 heterocycles. The van der Waals surface area contributed by atoms with Gasteiger partial charge in [-0.1, -0.05) is 0 Å². The molecule has 1 saturated heterocycles. The van der Waals surface area contributed by atoms with E-state index >= 15 is 0 Å². The van der Waals surface area contributed by atoms with Crippen LogP contribution in [0, 0.1) is 0 Å². The van der Waals surface area contributed by atoms with Crippen molar-refractivity contribution in [3.63, 3.8) is 0 Å². The summed E-state index contributed by atoms with van der Waals surface area (Å²) in [5.41, 5.74) is 0.211. The van der Waals surface area contributed by atoms with E-state index in [1.54, 1.807) is 0 Å². The Morgan fingerprint density at radius 1 is 1.44 bits per heavy atom. The van der Waals surface area contributed by atoms with E-state index < -0.39 is 0 Å². The molecule has 0 bridgehead atoms. The summed E-state index contributed by atoms with van der Waals surface area (Å²) in [6.07, 6.45) is 1.53. The minimum atomic E-state index is 0.211. The summed E-state index contributed by atoms with van der Waals surface area (Å²) in [5, 5.41) is 3.57. The Kier molecular flexibility index (Phi) is 5.22. The van der Waals surface area contributed by atoms with E-state index in [1.807, 2.05) is 0 Å². The van der Waals surface area contributed by atoms with E-state index in [4.69, 9.17) is 4.74 Å². The number of ether oxygens (including phenoxy) is 1. The lowest BCUT2D eigenvalue weighted by Crippen LogP contribution is -2.47. The molecule has 1 rings (SSSR count). The maximum absolute atomic E-state index is 5.67. The normalized spacial score (nSPS) is 26.4. The molecule has 0 radical (unpaired) electrons. The first kappa shape index (κ1) is 13.9. The van der Waals surface area contributed by atoms with Crippen molar-refractivity contribution in [2.75, 3.05) is 26.2 Å². The summed E-state index contributed by atoms with van der Waals surface area (Å²) >= 11 is 0. The van der Waals surface area contributed by atoms with Gasteiger partial charge < -0.3 is 10.1 Å². The van der Waals surface area contributed by atoms with Crippen LogP contribution < -0.4 is 5.32 Å². The van der Waals surface area contributed by atoms with Crippen LogP contribution in [-0.4, -0.2) is 48.8 Å². The maximum atomic E-state index is 5.67. The van der Waals surface area contributed by atoms with Crippen molar-refractivity contribution in [3.05, 3.63) is 0 Å². The Morgan fingerprint density at radius 2 is 2.12 bits per heavy atom. The second kappa shape index (κ2) is 5.99. The fraction of sp³-hybridized carbons (Fsp3) is 1.00. The van der Waals surface area contributed by atoms with Crippen LogP contribution in [0.25, 0.3) is 0 Å². The summed E-state index contributed by atoms with van der Waals surface area (Å²) in [4.78, 5) is 2.54. The van der Waals surface area contributed by atoms with Crippen LogP contribution in [0.1, 0.15) is 41.0 Å². The molecule has 2 unspecified atom stereocenters. The number of hydrogen-bond donors (Lipinski definition) is 1. The number of nitrogens with one attached hydrogen (secondary N) is 1. The molecule has 0 spiro atoms. The van der Waals surface area contributed by atoms with Crippen LogP contribution in [0.3, 0.4) is 0 Å². The summed E-state index contributed by atoms with van der Waals surface area (Å²) in [6, 6.07) is 0.586. The molecular formula is C13H28N2O. The van der Waals surface area contributed by atoms with Gasteiger partial charge in [-0.2, -0.15) is 0 Å². The van der Waals surface area contributed by atoms with Gasteiger partial charge in [-0.3, -0.25) is 4.90 Å². The Labute approximate surface area is 101 Å². The average Bonchev–Trinajstić information content (AvgIpc) is 2.38. The molecule has 0 aromatic carbocycles. The molecule has 2 atom stereocenters. The van der Waals surface area contributed by atoms with Gasteiger partial charge in [0.1, 0.15) is 0 Å². The lowest BCUT2D eigenvalue weighted by molar-refractivity contribution is 0.0615. The monoisotopic (exact) mass is 228 g/mol. The summed E-state index contributed by atoms with van der Waals surface area (Å²) in [6.45, 7) is 15.3. The predicted octanol–water partition coefficient (Wildman–Crippen LogP) is 1.87. The van der Waals surface area contributed by atoms with Crippen LogP contribution in [0.15, 0.2) is 0 Å². The van der Waals surface area contributed by atoms with Gasteiger partial charge in [0.25, 0.3) is 0 Å². The van der Waals surface area contributed by atoms with Gasteiger partial charge in [-0.25, -0.2) is 0 Å². The van der Waals surface area contributed by atoms with Crippen LogP contribution >= 0.6 is 0 Å². The van der Waals surface area contributed by atoms with Gasteiger partial charge in [-0.05, 0) is 41.0 Å². The zero-order valence-electron chi connectivity index (χ0n) is 11.5. The SMILES string of the molecule is CC1CN(C(C)CNC(C)(C)C)CCCO1. The Balaban J connectivity index is 2.36. The lowest BCUT2D eigenvalue weighted by Gasteiger charge is -2.31. The summed E-state index contributed by atoms with van der Waals surface area (Å²) in [7, 11) is 0. The second-order valence-electron chi connectivity index (χ2n) is 6.01. The van der Waals surface area contributed by atoms with Crippen molar-refractivity contribution in [3.8, 4) is 0 Å². The standard InChI is InChI=1S/C13H28N2O/c1-11(9-14-13(3,4)5)15-7-6-8-16-12(2)10-15/h11-12,14H,6-10H2,1-5H3. The van der Waals surface area contributed by atoms with E-state index in [9.17, 15) is 0 Å². The van der Waals surface area contributed by atoms with Crippen LogP contribution in [0.2, 0.25) is 0 Å². The van der Waals surface area contributed by atoms with Crippen molar-refractivity contribution in [2.45, 2.75) is 58.7 Å². The topological polar surface area (TPSA) is 24.5 Å². The van der Waals surface area contributed by atoms with E-state index in [1.165, 1.54) is 0 Å². The predicted molar refractivity (Wildman–Crippen MR) is 68.8 cm³/mol. The minimum absolute atomic E-state index is 0.211. The lowest BCUT2D eigenvalue weighted by atomic mass is 10.1. The third-order valence-corrected chi connectivity index (χ3v) is 3.03. The molecule has 96 valence electrons. The quantitative estimate of drug-likeness (QED) is 0.798. The highest BCUT2D eigenvalue weighted by molar-refractivity contribution is 4.78. The van der Waals surface area contributed by atoms with Gasteiger partial charge in [0.2, 0.25) is 0 Å². The highest BCUT2D eigenvalue weighted by Crippen LogP contribution is 2.09. The largest absolute Gasteiger partial charge is 0.377 e. The number of hydrogen-bond acceptors (Lipinski definition) is 3. The summed E-state index contributed by atoms with van der Waals surface area (Å²) < 4.78 is 5.67. The Bertz CT molecular complexity index is 201. The average molecular weight is 228 g/mol. The molecule has 1 fully saturated rings. The second-order valence-corrected chi connectivity index (χ2v) is 6.01. The van der Waals surface area contributed by atoms with Gasteiger partial charge in [0.15, 0.2) is 0 Å². The summed E-state index contributed by atoms with van der Waals surface area (Å²) in [5.74, 6) is 0. The van der Waals surface area contributed by atoms with Crippen molar-refractivity contribution in [2.24, 2.45) is 0 Å². The highest BCUT2D eigenvalue weighted by Gasteiger charge is 2.20. The minimum Gasteiger partial charge on any atom is -0.377 e. The van der Waals surface area contributed by atoms with E-state index in [2.05, 4.69) is 44.8 Å². The molecule has 0 aliphatic carbocycles. The van der Waals surface area contributed by atoms with Crippen molar-refractivity contribution in [1.29, 1.82) is 0 Å². The van der Waals surface area contributed by atoms with Crippen LogP contribution in [0.4, 0.5) is 0 Å². The molecule has 0 aromatic rings. The fourth-order valence-electron chi connectivity index (χ4n) is 2.01. The van der Waals surface area contributed by atoms with Gasteiger partial charge in [-0.15, -0.1) is 0 Å².